The molecule has 6 aromatic carbocycles. The number of carboxylic acid groups (broad SMARTS) is 1. The van der Waals surface area contributed by atoms with Crippen molar-refractivity contribution in [2.24, 2.45) is 0 Å². The van der Waals surface area contributed by atoms with Gasteiger partial charge in [-0.25, -0.2) is 0 Å². The summed E-state index contributed by atoms with van der Waals surface area (Å²) in [5.41, 5.74) is 9.70. The number of benzene rings is 6. The first kappa shape index (κ1) is 45.3. The number of thioether (sulfide) groups is 1. The van der Waals surface area contributed by atoms with Gasteiger partial charge in [-0.05, 0) is 93.8 Å². The maximum Gasteiger partial charge on any atom is 0.323 e. The number of amides is 1. The zero-order valence-electron chi connectivity index (χ0n) is 37.6. The van der Waals surface area contributed by atoms with Crippen LogP contribution < -0.4 is 25.2 Å². The predicted molar refractivity (Wildman–Crippen MR) is 287 cm³/mol. The van der Waals surface area contributed by atoms with Gasteiger partial charge in [0.05, 0.1) is 17.6 Å². The number of carbonyl (C=O) groups is 2. The van der Waals surface area contributed by atoms with Gasteiger partial charge in [0.25, 0.3) is 17.0 Å². The topological polar surface area (TPSA) is 105 Å². The lowest BCUT2D eigenvalue weighted by molar-refractivity contribution is -0.137. The fourth-order valence-corrected chi connectivity index (χ4v) is 13.7. The van der Waals surface area contributed by atoms with E-state index in [4.69, 9.17) is 12.2 Å². The summed E-state index contributed by atoms with van der Waals surface area (Å²) in [6.07, 6.45) is 7.27. The number of hydrogen-bond acceptors (Lipinski definition) is 9. The maximum absolute atomic E-state index is 14.7. The Morgan fingerprint density at radius 3 is 1.93 bits per heavy atom. The van der Waals surface area contributed by atoms with Crippen LogP contribution in [0.1, 0.15) is 64.1 Å². The van der Waals surface area contributed by atoms with E-state index in [2.05, 4.69) is 95.9 Å². The van der Waals surface area contributed by atoms with Crippen molar-refractivity contribution in [3.63, 3.8) is 0 Å². The summed E-state index contributed by atoms with van der Waals surface area (Å²) in [4.78, 5) is 59.9. The second kappa shape index (κ2) is 19.3. The number of carbonyl (C=O) groups excluding carboxylic acids is 1. The van der Waals surface area contributed by atoms with Crippen LogP contribution in [0.2, 0.25) is 0 Å². The predicted octanol–water partition coefficient (Wildman–Crippen LogP) is 9.93. The van der Waals surface area contributed by atoms with E-state index >= 15 is 0 Å². The quantitative estimate of drug-likeness (QED) is 0.101. The van der Waals surface area contributed by atoms with Crippen molar-refractivity contribution in [3.8, 4) is 0 Å². The third-order valence-electron chi connectivity index (χ3n) is 13.2. The molecule has 2 atom stereocenters. The molecular weight excluding hydrogens is 949 g/mol. The number of rotatable bonds is 11. The van der Waals surface area contributed by atoms with Crippen molar-refractivity contribution >= 4 is 96.9 Å². The van der Waals surface area contributed by atoms with Crippen molar-refractivity contribution in [2.45, 2.75) is 50.9 Å². The lowest BCUT2D eigenvalue weighted by atomic mass is 9.95. The third-order valence-corrected chi connectivity index (χ3v) is 17.2. The summed E-state index contributed by atoms with van der Waals surface area (Å²) in [5, 5.41) is 10.1. The van der Waals surface area contributed by atoms with Crippen molar-refractivity contribution in [2.75, 3.05) is 4.90 Å². The van der Waals surface area contributed by atoms with Crippen LogP contribution in [0.5, 0.6) is 0 Å². The van der Waals surface area contributed by atoms with Gasteiger partial charge in [0.15, 0.2) is 0 Å². The molecule has 70 heavy (non-hydrogen) atoms. The number of nitrogens with zero attached hydrogens (tertiary/aromatic N) is 4. The van der Waals surface area contributed by atoms with Gasteiger partial charge in [-0.3, -0.25) is 33.2 Å². The summed E-state index contributed by atoms with van der Waals surface area (Å²) in [6, 6.07) is 55.3. The zero-order valence-corrected chi connectivity index (χ0v) is 40.9. The van der Waals surface area contributed by atoms with E-state index < -0.39 is 23.6 Å². The summed E-state index contributed by atoms with van der Waals surface area (Å²) >= 11 is 9.05. The number of aliphatic carboxylic acids is 1. The molecule has 8 aromatic rings. The first-order valence-electron chi connectivity index (χ1n) is 23.1. The molecule has 3 aliphatic rings. The van der Waals surface area contributed by atoms with E-state index in [0.717, 1.165) is 104 Å². The van der Waals surface area contributed by atoms with E-state index in [1.54, 1.807) is 4.57 Å². The Bertz CT molecular complexity index is 3680. The minimum Gasteiger partial charge on any atom is -0.480 e. The van der Waals surface area contributed by atoms with Crippen molar-refractivity contribution in [1.82, 2.24) is 14.0 Å². The summed E-state index contributed by atoms with van der Waals surface area (Å²) < 4.78 is 4.20. The lowest BCUT2D eigenvalue weighted by Crippen LogP contribution is -2.32. The van der Waals surface area contributed by atoms with Crippen LogP contribution in [-0.2, 0) is 29.2 Å². The fourth-order valence-electron chi connectivity index (χ4n) is 9.94. The molecule has 0 radical (unpaired) electrons. The first-order chi connectivity index (χ1) is 34.2. The van der Waals surface area contributed by atoms with Crippen LogP contribution in [-0.4, -0.2) is 41.4 Å². The number of carboxylic acids is 1. The molecule has 2 fully saturated rings. The van der Waals surface area contributed by atoms with Crippen molar-refractivity contribution < 1.29 is 14.7 Å². The Hall–Kier alpha value is -7.16. The molecule has 1 amide bonds. The number of fused-ring (bicyclic) bond motifs is 3. The van der Waals surface area contributed by atoms with Crippen LogP contribution >= 0.6 is 46.7 Å². The van der Waals surface area contributed by atoms with Crippen molar-refractivity contribution in [3.05, 3.63) is 242 Å². The van der Waals surface area contributed by atoms with Gasteiger partial charge < -0.3 is 10.0 Å². The highest BCUT2D eigenvalue weighted by molar-refractivity contribution is 8.30. The number of aromatic nitrogens is 2. The Kier molecular flexibility index (Phi) is 12.5. The third kappa shape index (κ3) is 8.74. The second-order valence-electron chi connectivity index (χ2n) is 17.6. The van der Waals surface area contributed by atoms with Crippen LogP contribution in [0.25, 0.3) is 22.6 Å². The molecule has 2 aromatic heterocycles. The largest absolute Gasteiger partial charge is 0.480 e. The minimum atomic E-state index is -1.21. The smallest absolute Gasteiger partial charge is 0.323 e. The minimum absolute atomic E-state index is 0.154. The van der Waals surface area contributed by atoms with Gasteiger partial charge in [0.1, 0.15) is 29.6 Å². The number of hydrogen-bond donors (Lipinski definition) is 1. The maximum atomic E-state index is 14.7. The zero-order chi connectivity index (χ0) is 47.9. The number of thiocarbonyl (C=S) groups is 1. The number of anilines is 2. The van der Waals surface area contributed by atoms with E-state index in [-0.39, 0.29) is 28.2 Å². The molecular formula is C57H44N4O5S4. The molecule has 346 valence electrons. The average molecular weight is 993 g/mol. The molecule has 9 nitrogen and oxygen atoms in total. The molecule has 2 unspecified atom stereocenters. The monoisotopic (exact) mass is 992 g/mol. The molecule has 1 saturated carbocycles. The van der Waals surface area contributed by atoms with Crippen LogP contribution in [0.4, 0.5) is 11.4 Å². The molecule has 13 heteroatoms. The molecule has 11 rings (SSSR count). The van der Waals surface area contributed by atoms with Crippen LogP contribution in [0.15, 0.2) is 173 Å². The van der Waals surface area contributed by atoms with Crippen molar-refractivity contribution in [1.29, 1.82) is 0 Å². The van der Waals surface area contributed by atoms with Gasteiger partial charge in [-0.1, -0.05) is 170 Å². The van der Waals surface area contributed by atoms with Gasteiger partial charge in [-0.15, -0.1) is 22.7 Å². The van der Waals surface area contributed by atoms with Gasteiger partial charge in [0, 0.05) is 23.3 Å². The van der Waals surface area contributed by atoms with E-state index in [1.165, 1.54) is 15.0 Å². The fraction of sp³-hybridized carbons (Fsp3) is 0.140. The van der Waals surface area contributed by atoms with E-state index in [1.807, 2.05) is 84.9 Å². The highest BCUT2D eigenvalue weighted by Crippen LogP contribution is 2.52. The SMILES string of the molecule is O=C(O)Cn1c(=O)/c(=C/c2ccc3c(c2)C2CCCC2N3c2ccc(C=C(c3ccccc3)c3ccccc3)cc2)s/c1=c1\s/c(=C2/SC(=S)N(Cc3ccccc3)C2=O)n(Cc2ccccc2)c1=O. The summed E-state index contributed by atoms with van der Waals surface area (Å²) in [6.45, 7) is -0.210. The Labute approximate surface area is 420 Å². The van der Waals surface area contributed by atoms with Crippen LogP contribution in [0.3, 0.4) is 0 Å². The second-order valence-corrected chi connectivity index (χ2v) is 21.2. The van der Waals surface area contributed by atoms with E-state index in [0.29, 0.717) is 30.4 Å². The molecule has 1 aliphatic carbocycles. The first-order valence-corrected chi connectivity index (χ1v) is 25.9. The molecule has 1 N–H and O–H groups in total. The Balaban J connectivity index is 0.989. The van der Waals surface area contributed by atoms with Gasteiger partial charge in [0.2, 0.25) is 0 Å². The van der Waals surface area contributed by atoms with Gasteiger partial charge in [-0.2, -0.15) is 0 Å². The Morgan fingerprint density at radius 2 is 1.29 bits per heavy atom. The molecule has 1 saturated heterocycles. The molecule has 0 spiro atoms. The van der Waals surface area contributed by atoms with E-state index in [9.17, 15) is 24.3 Å². The molecule has 0 bridgehead atoms. The summed E-state index contributed by atoms with van der Waals surface area (Å²) in [5.74, 6) is -1.22. The lowest BCUT2D eigenvalue weighted by Gasteiger charge is -2.27. The molecule has 2 aliphatic heterocycles. The molecule has 4 heterocycles. The highest BCUT2D eigenvalue weighted by Gasteiger charge is 2.42. The number of thiazole rings is 2. The standard InChI is InChI=1S/C57H44N4O5S4/c62-49(63)35-59-52(64)48(68-55(59)50-53(65)58(33-37-14-5-1-6-15-37)56(69-50)51-54(66)60(57(67)70-51)34-38-16-7-2-8-17-38)32-39-26-29-47-45(31-39)43-22-13-23-46(43)61(47)42-27-24-36(25-28-42)30-44(40-18-9-3-10-19-40)41-20-11-4-12-21-41/h1-12,14-21,24-32,43,46H,13,22-23,33-35H2,(H,62,63)/b48-32-,55-50-,56-51+. The van der Waals surface area contributed by atoms with Gasteiger partial charge >= 0.3 is 5.97 Å². The normalized spacial score (nSPS) is 17.8. The highest BCUT2D eigenvalue weighted by atomic mass is 32.2. The summed E-state index contributed by atoms with van der Waals surface area (Å²) in [7, 11) is 0. The average Bonchev–Trinajstić information content (AvgIpc) is 4.19. The Morgan fingerprint density at radius 1 is 0.671 bits per heavy atom. The van der Waals surface area contributed by atoms with Crippen LogP contribution in [0, 0.1) is 9.20 Å².